The van der Waals surface area contributed by atoms with E-state index in [1.165, 1.54) is 11.3 Å². The van der Waals surface area contributed by atoms with E-state index in [0.717, 1.165) is 31.0 Å². The van der Waals surface area contributed by atoms with Crippen LogP contribution in [0.2, 0.25) is 0 Å². The summed E-state index contributed by atoms with van der Waals surface area (Å²) < 4.78 is 10.5. The number of aromatic nitrogens is 1. The summed E-state index contributed by atoms with van der Waals surface area (Å²) in [5.74, 6) is 1.41. The Balaban J connectivity index is 0.00000320. The number of hydrogen-bond donors (Lipinski definition) is 2. The molecule has 3 rings (SSSR count). The van der Waals surface area contributed by atoms with Gasteiger partial charge >= 0.3 is 0 Å². The lowest BCUT2D eigenvalue weighted by molar-refractivity contribution is 0.143. The first-order valence-corrected chi connectivity index (χ1v) is 10.0. The van der Waals surface area contributed by atoms with Crippen LogP contribution in [0.15, 0.2) is 47.6 Å². The summed E-state index contributed by atoms with van der Waals surface area (Å²) in [6, 6.07) is 13.0. The molecule has 7 nitrogen and oxygen atoms in total. The van der Waals surface area contributed by atoms with E-state index < -0.39 is 0 Å². The first kappa shape index (κ1) is 24.2. The molecule has 0 spiro atoms. The molecule has 0 saturated carbocycles. The van der Waals surface area contributed by atoms with Crippen LogP contribution in [0.5, 0.6) is 5.88 Å². The maximum absolute atomic E-state index is 5.49. The van der Waals surface area contributed by atoms with Crippen molar-refractivity contribution in [2.45, 2.75) is 25.9 Å². The lowest BCUT2D eigenvalue weighted by Crippen LogP contribution is -2.44. The van der Waals surface area contributed by atoms with Gasteiger partial charge in [-0.05, 0) is 31.0 Å². The van der Waals surface area contributed by atoms with Gasteiger partial charge in [-0.15, -0.1) is 24.0 Å². The smallest absolute Gasteiger partial charge is 0.213 e. The first-order valence-electron chi connectivity index (χ1n) is 10.0. The SMILES string of the molecule is CN=C(NCc1ccc(OCCOC)nc1)NC1CCN(c2ccc(C)cc2)C1.I. The summed E-state index contributed by atoms with van der Waals surface area (Å²) >= 11 is 0. The van der Waals surface area contributed by atoms with Crippen molar-refractivity contribution in [1.29, 1.82) is 0 Å². The van der Waals surface area contributed by atoms with Gasteiger partial charge in [0.15, 0.2) is 5.96 Å². The Hall–Kier alpha value is -2.07. The molecule has 164 valence electrons. The number of aryl methyl sites for hydroxylation is 1. The highest BCUT2D eigenvalue weighted by Gasteiger charge is 2.23. The van der Waals surface area contributed by atoms with Crippen molar-refractivity contribution in [3.05, 3.63) is 53.7 Å². The average Bonchev–Trinajstić information content (AvgIpc) is 3.21. The van der Waals surface area contributed by atoms with Crippen LogP contribution >= 0.6 is 24.0 Å². The van der Waals surface area contributed by atoms with Crippen LogP contribution in [-0.4, -0.2) is 57.4 Å². The zero-order valence-electron chi connectivity index (χ0n) is 17.9. The summed E-state index contributed by atoms with van der Waals surface area (Å²) in [4.78, 5) is 11.1. The average molecular weight is 525 g/mol. The van der Waals surface area contributed by atoms with Crippen molar-refractivity contribution in [3.63, 3.8) is 0 Å². The normalized spacial score (nSPS) is 16.2. The number of nitrogens with zero attached hydrogens (tertiary/aromatic N) is 3. The van der Waals surface area contributed by atoms with E-state index >= 15 is 0 Å². The van der Waals surface area contributed by atoms with Gasteiger partial charge in [-0.25, -0.2) is 4.98 Å². The van der Waals surface area contributed by atoms with Crippen molar-refractivity contribution in [2.75, 3.05) is 45.4 Å². The van der Waals surface area contributed by atoms with Gasteiger partial charge in [-0.2, -0.15) is 0 Å². The second-order valence-electron chi connectivity index (χ2n) is 7.18. The molecule has 1 aromatic carbocycles. The van der Waals surface area contributed by atoms with E-state index in [2.05, 4.69) is 56.7 Å². The molecule has 1 unspecified atom stereocenters. The number of hydrogen-bond acceptors (Lipinski definition) is 5. The van der Waals surface area contributed by atoms with Crippen molar-refractivity contribution >= 4 is 35.6 Å². The zero-order chi connectivity index (χ0) is 20.5. The molecule has 2 N–H and O–H groups in total. The molecule has 1 saturated heterocycles. The predicted molar refractivity (Wildman–Crippen MR) is 132 cm³/mol. The molecule has 0 radical (unpaired) electrons. The fourth-order valence-electron chi connectivity index (χ4n) is 3.27. The molecule has 1 aliphatic rings. The minimum Gasteiger partial charge on any atom is -0.475 e. The first-order chi connectivity index (χ1) is 14.2. The number of ether oxygens (including phenoxy) is 2. The molecule has 2 heterocycles. The molecule has 0 aliphatic carbocycles. The zero-order valence-corrected chi connectivity index (χ0v) is 20.3. The number of methoxy groups -OCH3 is 1. The second-order valence-corrected chi connectivity index (χ2v) is 7.18. The standard InChI is InChI=1S/C22H31N5O2.HI/c1-17-4-7-20(8-5-17)27-11-10-19(16-27)26-22(23-2)25-15-18-6-9-21(24-14-18)29-13-12-28-3;/h4-9,14,19H,10-13,15-16H2,1-3H3,(H2,23,25,26);1H. The largest absolute Gasteiger partial charge is 0.475 e. The Morgan fingerprint density at radius 2 is 2.00 bits per heavy atom. The summed E-state index contributed by atoms with van der Waals surface area (Å²) in [5, 5.41) is 6.90. The minimum atomic E-state index is 0. The molecule has 0 amide bonds. The number of benzene rings is 1. The highest BCUT2D eigenvalue weighted by atomic mass is 127. The fourth-order valence-corrected chi connectivity index (χ4v) is 3.27. The summed E-state index contributed by atoms with van der Waals surface area (Å²) in [6.07, 6.45) is 2.90. The van der Waals surface area contributed by atoms with Crippen LogP contribution in [0, 0.1) is 6.92 Å². The molecular formula is C22H32IN5O2. The second kappa shape index (κ2) is 12.6. The number of guanidine groups is 1. The van der Waals surface area contributed by atoms with E-state index in [0.29, 0.717) is 31.7 Å². The van der Waals surface area contributed by atoms with Gasteiger partial charge in [0.25, 0.3) is 0 Å². The van der Waals surface area contributed by atoms with Gasteiger partial charge in [0.05, 0.1) is 6.61 Å². The molecular weight excluding hydrogens is 493 g/mol. The molecule has 1 fully saturated rings. The number of anilines is 1. The maximum Gasteiger partial charge on any atom is 0.213 e. The molecule has 1 aromatic heterocycles. The van der Waals surface area contributed by atoms with E-state index in [1.807, 2.05) is 18.3 Å². The third-order valence-electron chi connectivity index (χ3n) is 4.95. The van der Waals surface area contributed by atoms with Gasteiger partial charge in [0.2, 0.25) is 5.88 Å². The van der Waals surface area contributed by atoms with E-state index in [4.69, 9.17) is 9.47 Å². The number of aliphatic imine (C=N–C) groups is 1. The summed E-state index contributed by atoms with van der Waals surface area (Å²) in [6.45, 7) is 5.84. The number of nitrogens with one attached hydrogen (secondary N) is 2. The van der Waals surface area contributed by atoms with Crippen LogP contribution in [0.1, 0.15) is 17.5 Å². The van der Waals surface area contributed by atoms with Gasteiger partial charge in [0.1, 0.15) is 6.61 Å². The lowest BCUT2D eigenvalue weighted by atomic mass is 10.2. The topological polar surface area (TPSA) is 71.0 Å². The van der Waals surface area contributed by atoms with E-state index in [-0.39, 0.29) is 24.0 Å². The number of halogens is 1. The summed E-state index contributed by atoms with van der Waals surface area (Å²) in [5.41, 5.74) is 3.64. The maximum atomic E-state index is 5.49. The van der Waals surface area contributed by atoms with Gasteiger partial charge in [0, 0.05) is 57.8 Å². The van der Waals surface area contributed by atoms with Crippen LogP contribution in [-0.2, 0) is 11.3 Å². The highest BCUT2D eigenvalue weighted by Crippen LogP contribution is 2.20. The quantitative estimate of drug-likeness (QED) is 0.239. The molecule has 8 heteroatoms. The molecule has 1 atom stereocenters. The van der Waals surface area contributed by atoms with Crippen LogP contribution in [0.25, 0.3) is 0 Å². The van der Waals surface area contributed by atoms with Crippen LogP contribution in [0.4, 0.5) is 5.69 Å². The van der Waals surface area contributed by atoms with Crippen LogP contribution < -0.4 is 20.3 Å². The molecule has 1 aliphatic heterocycles. The molecule has 0 bridgehead atoms. The number of rotatable bonds is 8. The molecule has 2 aromatic rings. The molecule has 30 heavy (non-hydrogen) atoms. The Kier molecular flexibility index (Phi) is 10.2. The van der Waals surface area contributed by atoms with Crippen molar-refractivity contribution in [3.8, 4) is 5.88 Å². The lowest BCUT2D eigenvalue weighted by Gasteiger charge is -2.20. The highest BCUT2D eigenvalue weighted by molar-refractivity contribution is 14.0. The van der Waals surface area contributed by atoms with Gasteiger partial charge in [-0.3, -0.25) is 4.99 Å². The Bertz CT molecular complexity index is 783. The monoisotopic (exact) mass is 525 g/mol. The van der Waals surface area contributed by atoms with Crippen LogP contribution in [0.3, 0.4) is 0 Å². The fraction of sp³-hybridized carbons (Fsp3) is 0.455. The number of pyridine rings is 1. The third kappa shape index (κ3) is 7.32. The van der Waals surface area contributed by atoms with Crippen molar-refractivity contribution in [2.24, 2.45) is 4.99 Å². The Morgan fingerprint density at radius 1 is 1.20 bits per heavy atom. The Morgan fingerprint density at radius 3 is 2.67 bits per heavy atom. The Labute approximate surface area is 196 Å². The summed E-state index contributed by atoms with van der Waals surface area (Å²) in [7, 11) is 3.45. The minimum absolute atomic E-state index is 0. The van der Waals surface area contributed by atoms with E-state index in [1.54, 1.807) is 14.2 Å². The third-order valence-corrected chi connectivity index (χ3v) is 4.95. The van der Waals surface area contributed by atoms with Gasteiger partial charge < -0.3 is 25.0 Å². The predicted octanol–water partition coefficient (Wildman–Crippen LogP) is 2.98. The van der Waals surface area contributed by atoms with Gasteiger partial charge in [-0.1, -0.05) is 23.8 Å². The van der Waals surface area contributed by atoms with Crippen molar-refractivity contribution < 1.29 is 9.47 Å². The van der Waals surface area contributed by atoms with Crippen molar-refractivity contribution in [1.82, 2.24) is 15.6 Å². The van der Waals surface area contributed by atoms with E-state index in [9.17, 15) is 0 Å².